The van der Waals surface area contributed by atoms with E-state index in [0.29, 0.717) is 17.0 Å². The van der Waals surface area contributed by atoms with E-state index >= 15 is 0 Å². The molecule has 1 aromatic heterocycles. The Morgan fingerprint density at radius 1 is 1.26 bits per heavy atom. The quantitative estimate of drug-likeness (QED) is 0.875. The van der Waals surface area contributed by atoms with Gasteiger partial charge in [0, 0.05) is 5.75 Å². The molecular formula is C12H9F3N2OS. The number of alkyl halides is 3. The van der Waals surface area contributed by atoms with Gasteiger partial charge in [-0.15, -0.1) is 11.8 Å². The number of nitrogens with zero attached hydrogens (tertiary/aromatic N) is 1. The largest absolute Gasteiger partial charge is 0.418 e. The number of rotatable bonds is 1. The molecular weight excluding hydrogens is 277 g/mol. The Morgan fingerprint density at radius 2 is 2.00 bits per heavy atom. The van der Waals surface area contributed by atoms with Crippen molar-refractivity contribution in [3.05, 3.63) is 45.9 Å². The van der Waals surface area contributed by atoms with Crippen LogP contribution in [0.1, 0.15) is 11.3 Å². The summed E-state index contributed by atoms with van der Waals surface area (Å²) in [4.78, 5) is 12.6. The number of benzene rings is 1. The Morgan fingerprint density at radius 3 is 2.68 bits per heavy atom. The number of para-hydroxylation sites is 1. The summed E-state index contributed by atoms with van der Waals surface area (Å²) in [7, 11) is 0. The summed E-state index contributed by atoms with van der Waals surface area (Å²) >= 11 is 1.38. The molecule has 1 N–H and O–H groups in total. The molecule has 3 nitrogen and oxygen atoms in total. The molecule has 100 valence electrons. The predicted molar refractivity (Wildman–Crippen MR) is 65.8 cm³/mol. The van der Waals surface area contributed by atoms with E-state index in [9.17, 15) is 18.0 Å². The average Bonchev–Trinajstić information content (AvgIpc) is 2.92. The molecule has 0 atom stereocenters. The summed E-state index contributed by atoms with van der Waals surface area (Å²) in [6, 6.07) is 5.06. The van der Waals surface area contributed by atoms with Crippen LogP contribution in [-0.2, 0) is 12.6 Å². The summed E-state index contributed by atoms with van der Waals surface area (Å²) in [5, 5.41) is 2.77. The second-order valence-corrected chi connectivity index (χ2v) is 5.28. The summed E-state index contributed by atoms with van der Waals surface area (Å²) in [6.07, 6.45) is -3.81. The number of halogens is 3. The molecule has 7 heteroatoms. The van der Waals surface area contributed by atoms with Crippen LogP contribution in [0.15, 0.2) is 34.0 Å². The highest BCUT2D eigenvalue weighted by molar-refractivity contribution is 7.99. The summed E-state index contributed by atoms with van der Waals surface area (Å²) in [6.45, 7) is 0. The van der Waals surface area contributed by atoms with Crippen molar-refractivity contribution in [2.24, 2.45) is 0 Å². The van der Waals surface area contributed by atoms with E-state index in [1.807, 2.05) is 0 Å². The van der Waals surface area contributed by atoms with Crippen molar-refractivity contribution < 1.29 is 13.2 Å². The third-order valence-corrected chi connectivity index (χ3v) is 4.08. The number of aromatic amines is 1. The van der Waals surface area contributed by atoms with Gasteiger partial charge in [0.05, 0.1) is 21.8 Å². The first-order valence-electron chi connectivity index (χ1n) is 5.62. The smallest absolute Gasteiger partial charge is 0.294 e. The molecule has 2 aromatic rings. The van der Waals surface area contributed by atoms with Gasteiger partial charge >= 0.3 is 6.18 Å². The minimum Gasteiger partial charge on any atom is -0.294 e. The number of aryl methyl sites for hydroxylation is 1. The van der Waals surface area contributed by atoms with E-state index in [1.54, 1.807) is 0 Å². The maximum Gasteiger partial charge on any atom is 0.418 e. The molecule has 0 radical (unpaired) electrons. The molecule has 1 aromatic carbocycles. The van der Waals surface area contributed by atoms with Crippen LogP contribution in [0.2, 0.25) is 0 Å². The van der Waals surface area contributed by atoms with E-state index in [1.165, 1.54) is 30.0 Å². The van der Waals surface area contributed by atoms with Gasteiger partial charge in [0.1, 0.15) is 0 Å². The van der Waals surface area contributed by atoms with Gasteiger partial charge in [0.2, 0.25) is 0 Å². The fourth-order valence-corrected chi connectivity index (χ4v) is 3.17. The molecule has 0 saturated carbocycles. The molecule has 2 heterocycles. The predicted octanol–water partition coefficient (Wildman–Crippen LogP) is 2.83. The second-order valence-electron chi connectivity index (χ2n) is 4.17. The number of hydrogen-bond donors (Lipinski definition) is 1. The van der Waals surface area contributed by atoms with E-state index in [0.717, 1.165) is 16.5 Å². The maximum atomic E-state index is 12.9. The summed E-state index contributed by atoms with van der Waals surface area (Å²) in [5.74, 6) is 0.790. The maximum absolute atomic E-state index is 12.9. The number of fused-ring (bicyclic) bond motifs is 1. The van der Waals surface area contributed by atoms with Gasteiger partial charge in [-0.05, 0) is 18.6 Å². The first-order chi connectivity index (χ1) is 8.98. The Hall–Kier alpha value is -1.63. The lowest BCUT2D eigenvalue weighted by atomic mass is 10.2. The normalized spacial score (nSPS) is 14.7. The van der Waals surface area contributed by atoms with Crippen LogP contribution in [0, 0.1) is 0 Å². The number of nitrogens with one attached hydrogen (secondary N) is 1. The molecule has 19 heavy (non-hydrogen) atoms. The molecule has 0 fully saturated rings. The first kappa shape index (κ1) is 12.4. The van der Waals surface area contributed by atoms with Gasteiger partial charge in [-0.1, -0.05) is 12.1 Å². The van der Waals surface area contributed by atoms with Gasteiger partial charge in [0.15, 0.2) is 0 Å². The minimum atomic E-state index is -4.49. The van der Waals surface area contributed by atoms with Crippen molar-refractivity contribution in [1.29, 1.82) is 0 Å². The zero-order chi connectivity index (χ0) is 13.6. The van der Waals surface area contributed by atoms with Crippen LogP contribution < -0.4 is 5.56 Å². The Bertz CT molecular complexity index is 687. The number of H-pyrrole nitrogens is 1. The van der Waals surface area contributed by atoms with Crippen molar-refractivity contribution >= 4 is 11.8 Å². The van der Waals surface area contributed by atoms with Gasteiger partial charge in [-0.25, -0.2) is 4.68 Å². The Balaban J connectivity index is 2.21. The highest BCUT2D eigenvalue weighted by Crippen LogP contribution is 2.34. The molecule has 1 aliphatic heterocycles. The molecule has 0 bridgehead atoms. The average molecular weight is 286 g/mol. The van der Waals surface area contributed by atoms with E-state index in [-0.39, 0.29) is 5.69 Å². The van der Waals surface area contributed by atoms with Gasteiger partial charge in [-0.2, -0.15) is 13.2 Å². The zero-order valence-corrected chi connectivity index (χ0v) is 10.4. The third-order valence-electron chi connectivity index (χ3n) is 2.97. The Kier molecular flexibility index (Phi) is 2.74. The first-order valence-corrected chi connectivity index (χ1v) is 6.60. The van der Waals surface area contributed by atoms with Crippen LogP contribution in [0.25, 0.3) is 5.69 Å². The van der Waals surface area contributed by atoms with Crippen LogP contribution in [0.4, 0.5) is 13.2 Å². The van der Waals surface area contributed by atoms with Crippen LogP contribution in [0.3, 0.4) is 0 Å². The molecule has 0 spiro atoms. The Labute approximate surface area is 110 Å². The molecule has 0 unspecified atom stereocenters. The van der Waals surface area contributed by atoms with Crippen LogP contribution >= 0.6 is 11.8 Å². The molecule has 1 aliphatic rings. The monoisotopic (exact) mass is 286 g/mol. The van der Waals surface area contributed by atoms with Crippen molar-refractivity contribution in [2.45, 2.75) is 17.5 Å². The van der Waals surface area contributed by atoms with Crippen LogP contribution in [-0.4, -0.2) is 15.5 Å². The van der Waals surface area contributed by atoms with Crippen molar-refractivity contribution in [1.82, 2.24) is 9.78 Å². The standard InChI is InChI=1S/C12H9F3N2OS/c13-12(14,15)7-3-1-2-4-9(7)17-11(18)10-8(16-17)5-6-19-10/h1-4,16H,5-6H2. The van der Waals surface area contributed by atoms with E-state index < -0.39 is 17.3 Å². The fourth-order valence-electron chi connectivity index (χ4n) is 2.12. The third kappa shape index (κ3) is 1.98. The lowest BCUT2D eigenvalue weighted by molar-refractivity contribution is -0.137. The topological polar surface area (TPSA) is 37.8 Å². The lowest BCUT2D eigenvalue weighted by Gasteiger charge is -2.12. The molecule has 3 rings (SSSR count). The second kappa shape index (κ2) is 4.19. The van der Waals surface area contributed by atoms with Gasteiger partial charge in [0.25, 0.3) is 5.56 Å². The van der Waals surface area contributed by atoms with Crippen molar-refractivity contribution in [2.75, 3.05) is 5.75 Å². The van der Waals surface area contributed by atoms with Crippen LogP contribution in [0.5, 0.6) is 0 Å². The fraction of sp³-hybridized carbons (Fsp3) is 0.250. The minimum absolute atomic E-state index is 0.157. The van der Waals surface area contributed by atoms with E-state index in [2.05, 4.69) is 5.10 Å². The molecule has 0 amide bonds. The number of thioether (sulfide) groups is 1. The van der Waals surface area contributed by atoms with E-state index in [4.69, 9.17) is 0 Å². The van der Waals surface area contributed by atoms with Gasteiger partial charge < -0.3 is 0 Å². The number of hydrogen-bond acceptors (Lipinski definition) is 2. The lowest BCUT2D eigenvalue weighted by Crippen LogP contribution is -2.20. The number of aromatic nitrogens is 2. The highest BCUT2D eigenvalue weighted by Gasteiger charge is 2.34. The molecule has 0 aliphatic carbocycles. The van der Waals surface area contributed by atoms with Crippen molar-refractivity contribution in [3.8, 4) is 5.69 Å². The highest BCUT2D eigenvalue weighted by atomic mass is 32.2. The summed E-state index contributed by atoms with van der Waals surface area (Å²) in [5.41, 5.74) is -0.668. The SMILES string of the molecule is O=c1c2c([nH]n1-c1ccccc1C(F)(F)F)CCS2. The van der Waals surface area contributed by atoms with Crippen molar-refractivity contribution in [3.63, 3.8) is 0 Å². The molecule has 0 saturated heterocycles. The zero-order valence-electron chi connectivity index (χ0n) is 9.62. The summed E-state index contributed by atoms with van der Waals surface area (Å²) < 4.78 is 39.8. The van der Waals surface area contributed by atoms with Gasteiger partial charge in [-0.3, -0.25) is 9.89 Å².